The van der Waals surface area contributed by atoms with Gasteiger partial charge in [0.05, 0.1) is 23.3 Å². The van der Waals surface area contributed by atoms with Crippen molar-refractivity contribution in [2.24, 2.45) is 0 Å². The maximum Gasteiger partial charge on any atom is 0.261 e. The number of benzene rings is 2. The summed E-state index contributed by atoms with van der Waals surface area (Å²) in [5, 5.41) is 3.41. The highest BCUT2D eigenvalue weighted by atomic mass is 79.9. The molecular weight excluding hydrogens is 370 g/mol. The highest BCUT2D eigenvalue weighted by Gasteiger charge is 2.13. The summed E-state index contributed by atoms with van der Waals surface area (Å²) in [6, 6.07) is 14.6. The molecule has 3 aromatic rings. The van der Waals surface area contributed by atoms with Crippen LogP contribution in [0.1, 0.15) is 18.5 Å². The molecule has 0 saturated carbocycles. The van der Waals surface area contributed by atoms with Crippen molar-refractivity contribution < 1.29 is 4.79 Å². The predicted molar refractivity (Wildman–Crippen MR) is 96.7 cm³/mol. The maximum atomic E-state index is 12.4. The lowest BCUT2D eigenvalue weighted by Crippen LogP contribution is -2.34. The number of halogens is 1. The van der Waals surface area contributed by atoms with Crippen LogP contribution in [-0.2, 0) is 11.3 Å². The molecule has 0 aliphatic heterocycles. The Morgan fingerprint density at radius 2 is 1.92 bits per heavy atom. The lowest BCUT2D eigenvalue weighted by atomic mass is 10.1. The Morgan fingerprint density at radius 1 is 1.21 bits per heavy atom. The van der Waals surface area contributed by atoms with Crippen LogP contribution in [0.15, 0.2) is 64.1 Å². The second kappa shape index (κ2) is 6.97. The van der Waals surface area contributed by atoms with E-state index in [4.69, 9.17) is 0 Å². The van der Waals surface area contributed by atoms with E-state index in [0.717, 1.165) is 10.0 Å². The first kappa shape index (κ1) is 16.4. The predicted octanol–water partition coefficient (Wildman–Crippen LogP) is 3.04. The van der Waals surface area contributed by atoms with Gasteiger partial charge in [0.2, 0.25) is 5.91 Å². The zero-order chi connectivity index (χ0) is 17.1. The van der Waals surface area contributed by atoms with Crippen molar-refractivity contribution in [2.45, 2.75) is 19.5 Å². The average molecular weight is 386 g/mol. The number of carbonyl (C=O) groups excluding carboxylic acids is 1. The first-order valence-corrected chi connectivity index (χ1v) is 8.33. The molecule has 0 spiro atoms. The van der Waals surface area contributed by atoms with Crippen LogP contribution in [0.4, 0.5) is 0 Å². The quantitative estimate of drug-likeness (QED) is 0.750. The minimum Gasteiger partial charge on any atom is -0.348 e. The number of carbonyl (C=O) groups is 1. The fourth-order valence-corrected chi connectivity index (χ4v) is 3.19. The standard InChI is InChI=1S/C18H16BrN3O2/c1-12(13-6-2-4-8-15(13)19)21-17(23)10-22-11-20-16-9-5-3-7-14(16)18(22)24/h2-9,11-12H,10H2,1H3,(H,21,23)/t12-/m1/s1. The molecule has 1 aromatic heterocycles. The highest BCUT2D eigenvalue weighted by Crippen LogP contribution is 2.22. The molecule has 1 amide bonds. The average Bonchev–Trinajstić information content (AvgIpc) is 2.58. The number of hydrogen-bond donors (Lipinski definition) is 1. The Morgan fingerprint density at radius 3 is 2.71 bits per heavy atom. The smallest absolute Gasteiger partial charge is 0.261 e. The van der Waals surface area contributed by atoms with Crippen molar-refractivity contribution >= 4 is 32.7 Å². The molecule has 0 aliphatic rings. The number of rotatable bonds is 4. The first-order valence-electron chi connectivity index (χ1n) is 7.54. The summed E-state index contributed by atoms with van der Waals surface area (Å²) in [7, 11) is 0. The molecule has 24 heavy (non-hydrogen) atoms. The minimum absolute atomic E-state index is 0.0640. The van der Waals surface area contributed by atoms with Gasteiger partial charge in [-0.15, -0.1) is 0 Å². The summed E-state index contributed by atoms with van der Waals surface area (Å²) in [4.78, 5) is 28.9. The van der Waals surface area contributed by atoms with Gasteiger partial charge in [-0.1, -0.05) is 46.3 Å². The summed E-state index contributed by atoms with van der Waals surface area (Å²) >= 11 is 3.48. The molecule has 0 unspecified atom stereocenters. The van der Waals surface area contributed by atoms with Crippen LogP contribution in [0.2, 0.25) is 0 Å². The van der Waals surface area contributed by atoms with Gasteiger partial charge in [-0.2, -0.15) is 0 Å². The van der Waals surface area contributed by atoms with Crippen LogP contribution in [0.5, 0.6) is 0 Å². The van der Waals surface area contributed by atoms with E-state index in [2.05, 4.69) is 26.2 Å². The Kier molecular flexibility index (Phi) is 4.76. The zero-order valence-corrected chi connectivity index (χ0v) is 14.7. The summed E-state index contributed by atoms with van der Waals surface area (Å²) in [5.41, 5.74) is 1.39. The van der Waals surface area contributed by atoms with Crippen molar-refractivity contribution in [1.82, 2.24) is 14.9 Å². The van der Waals surface area contributed by atoms with Gasteiger partial charge in [-0.3, -0.25) is 14.2 Å². The SMILES string of the molecule is C[C@@H](NC(=O)Cn1cnc2ccccc2c1=O)c1ccccc1Br. The van der Waals surface area contributed by atoms with Crippen LogP contribution in [-0.4, -0.2) is 15.5 Å². The first-order chi connectivity index (χ1) is 11.6. The topological polar surface area (TPSA) is 64.0 Å². The third-order valence-electron chi connectivity index (χ3n) is 3.79. The van der Waals surface area contributed by atoms with Gasteiger partial charge in [0.15, 0.2) is 0 Å². The van der Waals surface area contributed by atoms with Gasteiger partial charge in [-0.25, -0.2) is 4.98 Å². The number of nitrogens with zero attached hydrogens (tertiary/aromatic N) is 2. The summed E-state index contributed by atoms with van der Waals surface area (Å²) in [6.45, 7) is 1.84. The molecule has 3 rings (SSSR count). The number of aromatic nitrogens is 2. The van der Waals surface area contributed by atoms with Crippen molar-refractivity contribution in [3.05, 3.63) is 75.2 Å². The van der Waals surface area contributed by atoms with Crippen molar-refractivity contribution in [1.29, 1.82) is 0 Å². The monoisotopic (exact) mass is 385 g/mol. The molecule has 1 heterocycles. The van der Waals surface area contributed by atoms with Crippen LogP contribution < -0.4 is 10.9 Å². The van der Waals surface area contributed by atoms with Crippen molar-refractivity contribution in [3.8, 4) is 0 Å². The molecular formula is C18H16BrN3O2. The molecule has 122 valence electrons. The fourth-order valence-electron chi connectivity index (χ4n) is 2.56. The number of amides is 1. The van der Waals surface area contributed by atoms with E-state index in [-0.39, 0.29) is 24.1 Å². The van der Waals surface area contributed by atoms with E-state index in [0.29, 0.717) is 10.9 Å². The van der Waals surface area contributed by atoms with Gasteiger partial charge in [0.25, 0.3) is 5.56 Å². The van der Waals surface area contributed by atoms with E-state index in [9.17, 15) is 9.59 Å². The molecule has 0 aliphatic carbocycles. The van der Waals surface area contributed by atoms with Gasteiger partial charge in [-0.05, 0) is 30.7 Å². The molecule has 0 radical (unpaired) electrons. The molecule has 0 saturated heterocycles. The third kappa shape index (κ3) is 3.38. The van der Waals surface area contributed by atoms with E-state index in [1.54, 1.807) is 18.2 Å². The van der Waals surface area contributed by atoms with Crippen molar-refractivity contribution in [3.63, 3.8) is 0 Å². The number of fused-ring (bicyclic) bond motifs is 1. The largest absolute Gasteiger partial charge is 0.348 e. The molecule has 6 heteroatoms. The maximum absolute atomic E-state index is 12.4. The zero-order valence-electron chi connectivity index (χ0n) is 13.1. The Hall–Kier alpha value is -2.47. The normalized spacial score (nSPS) is 12.1. The summed E-state index contributed by atoms with van der Waals surface area (Å²) in [5.74, 6) is -0.238. The van der Waals surface area contributed by atoms with Gasteiger partial charge in [0, 0.05) is 4.47 Å². The van der Waals surface area contributed by atoms with Crippen LogP contribution >= 0.6 is 15.9 Å². The Labute approximate surface area is 147 Å². The summed E-state index contributed by atoms with van der Waals surface area (Å²) < 4.78 is 2.26. The molecule has 2 aromatic carbocycles. The Bertz CT molecular complexity index is 952. The molecule has 0 fully saturated rings. The molecule has 1 atom stereocenters. The van der Waals surface area contributed by atoms with Crippen LogP contribution in [0.3, 0.4) is 0 Å². The fraction of sp³-hybridized carbons (Fsp3) is 0.167. The van der Waals surface area contributed by atoms with E-state index < -0.39 is 0 Å². The van der Waals surface area contributed by atoms with E-state index in [1.807, 2.05) is 37.3 Å². The van der Waals surface area contributed by atoms with Crippen LogP contribution in [0.25, 0.3) is 10.9 Å². The number of nitrogens with one attached hydrogen (secondary N) is 1. The van der Waals surface area contributed by atoms with Gasteiger partial charge in [0.1, 0.15) is 6.54 Å². The lowest BCUT2D eigenvalue weighted by Gasteiger charge is -2.16. The second-order valence-electron chi connectivity index (χ2n) is 5.51. The molecule has 1 N–H and O–H groups in total. The Balaban J connectivity index is 1.77. The number of hydrogen-bond acceptors (Lipinski definition) is 3. The van der Waals surface area contributed by atoms with E-state index >= 15 is 0 Å². The van der Waals surface area contributed by atoms with Gasteiger partial charge < -0.3 is 5.32 Å². The molecule has 5 nitrogen and oxygen atoms in total. The number of para-hydroxylation sites is 1. The minimum atomic E-state index is -0.238. The molecule has 0 bridgehead atoms. The summed E-state index contributed by atoms with van der Waals surface area (Å²) in [6.07, 6.45) is 1.41. The lowest BCUT2D eigenvalue weighted by molar-refractivity contribution is -0.122. The van der Waals surface area contributed by atoms with E-state index in [1.165, 1.54) is 10.9 Å². The highest BCUT2D eigenvalue weighted by molar-refractivity contribution is 9.10. The van der Waals surface area contributed by atoms with Crippen LogP contribution in [0, 0.1) is 0 Å². The second-order valence-corrected chi connectivity index (χ2v) is 6.36. The van der Waals surface area contributed by atoms with Gasteiger partial charge >= 0.3 is 0 Å². The van der Waals surface area contributed by atoms with Crippen molar-refractivity contribution in [2.75, 3.05) is 0 Å². The third-order valence-corrected chi connectivity index (χ3v) is 4.52.